The largest absolute Gasteiger partial charge is 0.337 e. The maximum Gasteiger partial charge on any atom is 0.254 e. The van der Waals surface area contributed by atoms with E-state index >= 15 is 0 Å². The molecule has 1 amide bonds. The van der Waals surface area contributed by atoms with Crippen LogP contribution in [0.15, 0.2) is 36.5 Å². The van der Waals surface area contributed by atoms with Crippen molar-refractivity contribution >= 4 is 5.91 Å². The average molecular weight is 283 g/mol. The van der Waals surface area contributed by atoms with Crippen molar-refractivity contribution in [2.75, 3.05) is 7.05 Å². The first-order valence-electron chi connectivity index (χ1n) is 6.98. The SMILES string of the molecule is Cc1ccc(CN(C)C(=O)c2ccnc(CN)c2)c(C)c1. The fraction of sp³-hybridized carbons (Fsp3) is 0.294. The Kier molecular flexibility index (Phi) is 4.70. The molecule has 0 aliphatic heterocycles. The third-order valence-corrected chi connectivity index (χ3v) is 3.52. The van der Waals surface area contributed by atoms with E-state index in [0.717, 1.165) is 11.3 Å². The minimum Gasteiger partial charge on any atom is -0.337 e. The van der Waals surface area contributed by atoms with Crippen LogP contribution < -0.4 is 5.73 Å². The number of amides is 1. The maximum absolute atomic E-state index is 12.5. The molecule has 2 aromatic rings. The molecule has 0 bridgehead atoms. The van der Waals surface area contributed by atoms with Crippen molar-refractivity contribution in [2.45, 2.75) is 26.9 Å². The Morgan fingerprint density at radius 2 is 2.00 bits per heavy atom. The Hall–Kier alpha value is -2.20. The lowest BCUT2D eigenvalue weighted by atomic mass is 10.1. The van der Waals surface area contributed by atoms with Gasteiger partial charge in [-0.1, -0.05) is 23.8 Å². The minimum atomic E-state index is -0.0212. The number of rotatable bonds is 4. The van der Waals surface area contributed by atoms with Gasteiger partial charge < -0.3 is 10.6 Å². The lowest BCUT2D eigenvalue weighted by Crippen LogP contribution is -2.26. The average Bonchev–Trinajstić information content (AvgIpc) is 2.49. The van der Waals surface area contributed by atoms with E-state index in [0.29, 0.717) is 18.7 Å². The Morgan fingerprint density at radius 1 is 1.24 bits per heavy atom. The molecule has 0 atom stereocenters. The van der Waals surface area contributed by atoms with Gasteiger partial charge in [-0.15, -0.1) is 0 Å². The van der Waals surface area contributed by atoms with Gasteiger partial charge in [0.2, 0.25) is 0 Å². The van der Waals surface area contributed by atoms with E-state index in [9.17, 15) is 4.79 Å². The molecule has 1 aromatic carbocycles. The first kappa shape index (κ1) is 15.2. The fourth-order valence-corrected chi connectivity index (χ4v) is 2.29. The molecule has 0 aliphatic rings. The third-order valence-electron chi connectivity index (χ3n) is 3.52. The van der Waals surface area contributed by atoms with Crippen LogP contribution in [-0.2, 0) is 13.1 Å². The summed E-state index contributed by atoms with van der Waals surface area (Å²) in [6.45, 7) is 5.06. The van der Waals surface area contributed by atoms with Gasteiger partial charge in [0.25, 0.3) is 5.91 Å². The predicted molar refractivity (Wildman–Crippen MR) is 83.8 cm³/mol. The van der Waals surface area contributed by atoms with Crippen LogP contribution in [0.1, 0.15) is 32.7 Å². The van der Waals surface area contributed by atoms with Gasteiger partial charge in [0, 0.05) is 31.9 Å². The van der Waals surface area contributed by atoms with E-state index in [-0.39, 0.29) is 5.91 Å². The number of carbonyl (C=O) groups is 1. The molecule has 21 heavy (non-hydrogen) atoms. The molecule has 0 radical (unpaired) electrons. The van der Waals surface area contributed by atoms with Gasteiger partial charge >= 0.3 is 0 Å². The van der Waals surface area contributed by atoms with Crippen molar-refractivity contribution in [3.63, 3.8) is 0 Å². The minimum absolute atomic E-state index is 0.0212. The lowest BCUT2D eigenvalue weighted by Gasteiger charge is -2.19. The Morgan fingerprint density at radius 3 is 2.67 bits per heavy atom. The van der Waals surface area contributed by atoms with Crippen LogP contribution in [0.2, 0.25) is 0 Å². The smallest absolute Gasteiger partial charge is 0.254 e. The summed E-state index contributed by atoms with van der Waals surface area (Å²) >= 11 is 0. The number of benzene rings is 1. The van der Waals surface area contributed by atoms with Gasteiger partial charge in [0.15, 0.2) is 0 Å². The van der Waals surface area contributed by atoms with Crippen molar-refractivity contribution in [1.29, 1.82) is 0 Å². The number of hydrogen-bond acceptors (Lipinski definition) is 3. The van der Waals surface area contributed by atoms with Gasteiger partial charge in [0.05, 0.1) is 5.69 Å². The molecule has 0 unspecified atom stereocenters. The number of aryl methyl sites for hydroxylation is 2. The van der Waals surface area contributed by atoms with E-state index in [1.54, 1.807) is 23.2 Å². The highest BCUT2D eigenvalue weighted by Gasteiger charge is 2.13. The zero-order valence-electron chi connectivity index (χ0n) is 12.8. The molecule has 0 saturated heterocycles. The molecule has 4 heteroatoms. The first-order chi connectivity index (χ1) is 10.0. The molecule has 0 saturated carbocycles. The second kappa shape index (κ2) is 6.50. The lowest BCUT2D eigenvalue weighted by molar-refractivity contribution is 0.0784. The molecule has 2 rings (SSSR count). The number of carbonyl (C=O) groups excluding carboxylic acids is 1. The van der Waals surface area contributed by atoms with E-state index < -0.39 is 0 Å². The summed E-state index contributed by atoms with van der Waals surface area (Å²) in [5.74, 6) is -0.0212. The summed E-state index contributed by atoms with van der Waals surface area (Å²) in [7, 11) is 1.81. The van der Waals surface area contributed by atoms with E-state index in [4.69, 9.17) is 5.73 Å². The zero-order valence-corrected chi connectivity index (χ0v) is 12.8. The normalized spacial score (nSPS) is 10.5. The molecule has 1 heterocycles. The number of hydrogen-bond donors (Lipinski definition) is 1. The Labute approximate surface area is 125 Å². The van der Waals surface area contributed by atoms with Crippen molar-refractivity contribution in [3.05, 3.63) is 64.5 Å². The molecule has 0 spiro atoms. The summed E-state index contributed by atoms with van der Waals surface area (Å²) in [6.07, 6.45) is 1.63. The molecule has 0 aliphatic carbocycles. The van der Waals surface area contributed by atoms with Gasteiger partial charge in [-0.05, 0) is 37.1 Å². The van der Waals surface area contributed by atoms with Crippen LogP contribution in [0.4, 0.5) is 0 Å². The summed E-state index contributed by atoms with van der Waals surface area (Å²) in [4.78, 5) is 18.3. The molecule has 4 nitrogen and oxygen atoms in total. The summed E-state index contributed by atoms with van der Waals surface area (Å²) in [6, 6.07) is 9.75. The third kappa shape index (κ3) is 3.67. The van der Waals surface area contributed by atoms with Gasteiger partial charge in [-0.2, -0.15) is 0 Å². The number of nitrogens with zero attached hydrogens (tertiary/aromatic N) is 2. The molecule has 2 N–H and O–H groups in total. The van der Waals surface area contributed by atoms with Gasteiger partial charge in [-0.25, -0.2) is 0 Å². The van der Waals surface area contributed by atoms with Crippen LogP contribution in [-0.4, -0.2) is 22.8 Å². The Bertz CT molecular complexity index is 652. The van der Waals surface area contributed by atoms with Crippen LogP contribution in [0, 0.1) is 13.8 Å². The summed E-state index contributed by atoms with van der Waals surface area (Å²) < 4.78 is 0. The zero-order chi connectivity index (χ0) is 15.4. The summed E-state index contributed by atoms with van der Waals surface area (Å²) in [5.41, 5.74) is 10.5. The highest BCUT2D eigenvalue weighted by Crippen LogP contribution is 2.14. The van der Waals surface area contributed by atoms with Crippen molar-refractivity contribution in [3.8, 4) is 0 Å². The van der Waals surface area contributed by atoms with Crippen LogP contribution in [0.3, 0.4) is 0 Å². The van der Waals surface area contributed by atoms with Crippen molar-refractivity contribution in [2.24, 2.45) is 5.73 Å². The predicted octanol–water partition coefficient (Wildman–Crippen LogP) is 2.43. The molecular weight excluding hydrogens is 262 g/mol. The summed E-state index contributed by atoms with van der Waals surface area (Å²) in [5, 5.41) is 0. The fourth-order valence-electron chi connectivity index (χ4n) is 2.29. The molecular formula is C17H21N3O. The second-order valence-electron chi connectivity index (χ2n) is 5.33. The first-order valence-corrected chi connectivity index (χ1v) is 6.98. The number of pyridine rings is 1. The number of aromatic nitrogens is 1. The quantitative estimate of drug-likeness (QED) is 0.937. The number of nitrogens with two attached hydrogens (primary N) is 1. The maximum atomic E-state index is 12.5. The van der Waals surface area contributed by atoms with Crippen LogP contribution in [0.5, 0.6) is 0 Å². The van der Waals surface area contributed by atoms with Crippen LogP contribution in [0.25, 0.3) is 0 Å². The van der Waals surface area contributed by atoms with Crippen molar-refractivity contribution in [1.82, 2.24) is 9.88 Å². The standard InChI is InChI=1S/C17H21N3O/c1-12-4-5-15(13(2)8-12)11-20(3)17(21)14-6-7-19-16(9-14)10-18/h4-9H,10-11,18H2,1-3H3. The van der Waals surface area contributed by atoms with E-state index in [2.05, 4.69) is 37.0 Å². The molecule has 110 valence electrons. The highest BCUT2D eigenvalue weighted by molar-refractivity contribution is 5.94. The molecule has 0 fully saturated rings. The van der Waals surface area contributed by atoms with Gasteiger partial charge in [-0.3, -0.25) is 9.78 Å². The monoisotopic (exact) mass is 283 g/mol. The van der Waals surface area contributed by atoms with E-state index in [1.807, 2.05) is 7.05 Å². The van der Waals surface area contributed by atoms with Gasteiger partial charge in [0.1, 0.15) is 0 Å². The van der Waals surface area contributed by atoms with Crippen molar-refractivity contribution < 1.29 is 4.79 Å². The highest BCUT2D eigenvalue weighted by atomic mass is 16.2. The van der Waals surface area contributed by atoms with Crippen LogP contribution >= 0.6 is 0 Å². The topological polar surface area (TPSA) is 59.2 Å². The molecule has 1 aromatic heterocycles. The van der Waals surface area contributed by atoms with E-state index in [1.165, 1.54) is 11.1 Å². The second-order valence-corrected chi connectivity index (χ2v) is 5.33. The Balaban J connectivity index is 2.15.